The van der Waals surface area contributed by atoms with Crippen molar-refractivity contribution in [2.45, 2.75) is 19.4 Å². The van der Waals surface area contributed by atoms with Gasteiger partial charge in [0.25, 0.3) is 0 Å². The molecule has 0 aromatic rings. The van der Waals surface area contributed by atoms with Crippen molar-refractivity contribution in [3.05, 3.63) is 0 Å². The highest BCUT2D eigenvalue weighted by molar-refractivity contribution is 6.64. The third kappa shape index (κ3) is 3.14. The van der Waals surface area contributed by atoms with Crippen molar-refractivity contribution in [2.24, 2.45) is 5.73 Å². The highest BCUT2D eigenvalue weighted by Crippen LogP contribution is 2.00. The molecule has 0 saturated heterocycles. The standard InChI is InChI=1S/C4H13NO2Si/c1-2-3-8(6,7)4-5/h6-7H,2-5H2,1H3. The van der Waals surface area contributed by atoms with Crippen molar-refractivity contribution in [2.75, 3.05) is 6.17 Å². The van der Waals surface area contributed by atoms with E-state index in [9.17, 15) is 0 Å². The summed E-state index contributed by atoms with van der Waals surface area (Å²) < 4.78 is 0. The smallest absolute Gasteiger partial charge is 0.346 e. The highest BCUT2D eigenvalue weighted by atomic mass is 28.4. The molecule has 50 valence electrons. The van der Waals surface area contributed by atoms with Gasteiger partial charge in [0.15, 0.2) is 0 Å². The van der Waals surface area contributed by atoms with Gasteiger partial charge >= 0.3 is 8.56 Å². The first-order valence-corrected chi connectivity index (χ1v) is 5.08. The first-order valence-electron chi connectivity index (χ1n) is 2.77. The van der Waals surface area contributed by atoms with Gasteiger partial charge in [-0.1, -0.05) is 13.3 Å². The van der Waals surface area contributed by atoms with E-state index in [-0.39, 0.29) is 6.17 Å². The molecule has 0 amide bonds. The molecule has 0 aliphatic rings. The van der Waals surface area contributed by atoms with Crippen molar-refractivity contribution in [3.8, 4) is 0 Å². The lowest BCUT2D eigenvalue weighted by atomic mass is 10.6. The molecule has 0 saturated carbocycles. The van der Waals surface area contributed by atoms with Gasteiger partial charge < -0.3 is 15.3 Å². The average molecular weight is 135 g/mol. The van der Waals surface area contributed by atoms with Gasteiger partial charge in [0.2, 0.25) is 0 Å². The van der Waals surface area contributed by atoms with Gasteiger partial charge in [0.05, 0.1) is 0 Å². The quantitative estimate of drug-likeness (QED) is 0.449. The zero-order chi connectivity index (χ0) is 6.62. The number of nitrogens with two attached hydrogens (primary N) is 1. The van der Waals surface area contributed by atoms with Gasteiger partial charge in [-0.05, 0) is 6.04 Å². The molecule has 0 spiro atoms. The van der Waals surface area contributed by atoms with Gasteiger partial charge in [0, 0.05) is 6.17 Å². The van der Waals surface area contributed by atoms with E-state index < -0.39 is 8.56 Å². The molecule has 4 N–H and O–H groups in total. The Kier molecular flexibility index (Phi) is 3.23. The minimum Gasteiger partial charge on any atom is -0.410 e. The Bertz CT molecular complexity index is 67.1. The van der Waals surface area contributed by atoms with Crippen LogP contribution in [-0.4, -0.2) is 24.3 Å². The average Bonchev–Trinajstić information content (AvgIpc) is 1.67. The first-order chi connectivity index (χ1) is 3.62. The highest BCUT2D eigenvalue weighted by Gasteiger charge is 2.24. The SMILES string of the molecule is CCC[Si](O)(O)CN. The zero-order valence-electron chi connectivity index (χ0n) is 5.09. The second-order valence-corrected chi connectivity index (χ2v) is 4.81. The fourth-order valence-electron chi connectivity index (χ4n) is 0.502. The van der Waals surface area contributed by atoms with E-state index in [1.165, 1.54) is 0 Å². The van der Waals surface area contributed by atoms with Crippen molar-refractivity contribution < 1.29 is 9.59 Å². The summed E-state index contributed by atoms with van der Waals surface area (Å²) in [6, 6.07) is 0.490. The minimum atomic E-state index is -2.90. The van der Waals surface area contributed by atoms with Gasteiger partial charge in [-0.2, -0.15) is 0 Å². The molecule has 4 heteroatoms. The van der Waals surface area contributed by atoms with E-state index in [0.717, 1.165) is 6.42 Å². The zero-order valence-corrected chi connectivity index (χ0v) is 6.09. The van der Waals surface area contributed by atoms with Crippen molar-refractivity contribution in [1.29, 1.82) is 0 Å². The Labute approximate surface area is 50.4 Å². The molecule has 0 fully saturated rings. The number of hydrogen-bond donors (Lipinski definition) is 3. The summed E-state index contributed by atoms with van der Waals surface area (Å²) in [5, 5.41) is 0. The van der Waals surface area contributed by atoms with Crippen LogP contribution in [0.2, 0.25) is 6.04 Å². The summed E-state index contributed by atoms with van der Waals surface area (Å²) >= 11 is 0. The molecule has 8 heavy (non-hydrogen) atoms. The Hall–Kier alpha value is 0.0969. The van der Waals surface area contributed by atoms with E-state index in [4.69, 9.17) is 15.3 Å². The summed E-state index contributed by atoms with van der Waals surface area (Å²) in [5.41, 5.74) is 5.05. The first kappa shape index (κ1) is 8.10. The summed E-state index contributed by atoms with van der Waals surface area (Å²) in [6.07, 6.45) is 0.858. The Morgan fingerprint density at radius 2 is 2.00 bits per heavy atom. The van der Waals surface area contributed by atoms with Gasteiger partial charge in [0.1, 0.15) is 0 Å². The molecule has 0 unspecified atom stereocenters. The molecule has 0 bridgehead atoms. The third-order valence-electron chi connectivity index (χ3n) is 0.977. The predicted molar refractivity (Wildman–Crippen MR) is 34.3 cm³/mol. The number of rotatable bonds is 3. The van der Waals surface area contributed by atoms with E-state index >= 15 is 0 Å². The van der Waals surface area contributed by atoms with Gasteiger partial charge in [-0.3, -0.25) is 0 Å². The van der Waals surface area contributed by atoms with Crippen LogP contribution in [-0.2, 0) is 0 Å². The van der Waals surface area contributed by atoms with Crippen LogP contribution in [0.1, 0.15) is 13.3 Å². The normalized spacial score (nSPS) is 12.0. The maximum absolute atomic E-state index is 8.89. The third-order valence-corrected chi connectivity index (χ3v) is 2.93. The lowest BCUT2D eigenvalue weighted by molar-refractivity contribution is 0.359. The van der Waals surface area contributed by atoms with Crippen LogP contribution >= 0.6 is 0 Å². The fourth-order valence-corrected chi connectivity index (χ4v) is 1.51. The van der Waals surface area contributed by atoms with Crippen LogP contribution in [0.25, 0.3) is 0 Å². The lowest BCUT2D eigenvalue weighted by Crippen LogP contribution is -2.43. The Balaban J connectivity index is 3.37. The molecule has 0 aliphatic heterocycles. The Morgan fingerprint density at radius 3 is 2.12 bits per heavy atom. The number of hydrogen-bond acceptors (Lipinski definition) is 3. The fraction of sp³-hybridized carbons (Fsp3) is 1.00. The van der Waals surface area contributed by atoms with E-state index in [1.54, 1.807) is 0 Å². The summed E-state index contributed by atoms with van der Waals surface area (Å²) in [4.78, 5) is 17.8. The van der Waals surface area contributed by atoms with Crippen LogP contribution in [0, 0.1) is 0 Å². The molecule has 0 heterocycles. The minimum absolute atomic E-state index is 0.0564. The molecule has 0 aromatic carbocycles. The molecule has 0 aromatic heterocycles. The van der Waals surface area contributed by atoms with Crippen LogP contribution in [0.5, 0.6) is 0 Å². The molecule has 0 rings (SSSR count). The van der Waals surface area contributed by atoms with Crippen molar-refractivity contribution >= 4 is 8.56 Å². The summed E-state index contributed by atoms with van der Waals surface area (Å²) in [6.45, 7) is 1.91. The largest absolute Gasteiger partial charge is 0.410 e. The van der Waals surface area contributed by atoms with Gasteiger partial charge in [-0.15, -0.1) is 0 Å². The molecule has 0 atom stereocenters. The lowest BCUT2D eigenvalue weighted by Gasteiger charge is -2.12. The maximum atomic E-state index is 8.89. The van der Waals surface area contributed by atoms with Crippen molar-refractivity contribution in [3.63, 3.8) is 0 Å². The Morgan fingerprint density at radius 1 is 1.50 bits per heavy atom. The van der Waals surface area contributed by atoms with Crippen LogP contribution in [0.4, 0.5) is 0 Å². The van der Waals surface area contributed by atoms with E-state index in [2.05, 4.69) is 0 Å². The predicted octanol–water partition coefficient (Wildman–Crippen LogP) is -0.679. The maximum Gasteiger partial charge on any atom is 0.346 e. The summed E-state index contributed by atoms with van der Waals surface area (Å²) in [5.74, 6) is 0. The van der Waals surface area contributed by atoms with E-state index in [1.807, 2.05) is 6.92 Å². The topological polar surface area (TPSA) is 66.5 Å². The van der Waals surface area contributed by atoms with Crippen LogP contribution in [0.3, 0.4) is 0 Å². The molecular weight excluding hydrogens is 122 g/mol. The summed E-state index contributed by atoms with van der Waals surface area (Å²) in [7, 11) is -2.90. The van der Waals surface area contributed by atoms with Gasteiger partial charge in [-0.25, -0.2) is 0 Å². The van der Waals surface area contributed by atoms with Crippen molar-refractivity contribution in [1.82, 2.24) is 0 Å². The molecule has 0 radical (unpaired) electrons. The van der Waals surface area contributed by atoms with Crippen LogP contribution in [0.15, 0.2) is 0 Å². The molecule has 0 aliphatic carbocycles. The van der Waals surface area contributed by atoms with E-state index in [0.29, 0.717) is 6.04 Å². The monoisotopic (exact) mass is 135 g/mol. The molecule has 3 nitrogen and oxygen atoms in total. The molecular formula is C4H13NO2Si. The van der Waals surface area contributed by atoms with Crippen LogP contribution < -0.4 is 5.73 Å². The second kappa shape index (κ2) is 3.19. The second-order valence-electron chi connectivity index (χ2n) is 1.94.